The average Bonchev–Trinajstić information content (AvgIpc) is 3.10. The molecule has 0 spiro atoms. The van der Waals surface area contributed by atoms with Crippen molar-refractivity contribution in [2.45, 2.75) is 13.3 Å². The third kappa shape index (κ3) is 3.40. The predicted molar refractivity (Wildman–Crippen MR) is 95.3 cm³/mol. The first kappa shape index (κ1) is 16.8. The number of carbonyl (C=O) groups excluding carboxylic acids is 2. The summed E-state index contributed by atoms with van der Waals surface area (Å²) in [6.45, 7) is 1.76. The van der Waals surface area contributed by atoms with E-state index in [1.165, 1.54) is 7.11 Å². The number of aromatic amines is 1. The monoisotopic (exact) mass is 337 g/mol. The number of aromatic nitrogens is 1. The van der Waals surface area contributed by atoms with Gasteiger partial charge in [-0.15, -0.1) is 0 Å². The highest BCUT2D eigenvalue weighted by atomic mass is 16.5. The standard InChI is InChI=1S/C20H19NO4/c1-3-13-6-5-9-16-17(11-21-19(13)16)18(22)12-25-20(23)14-7-4-8-15(10-14)24-2/h4-11,21H,3,12H2,1-2H3. The summed E-state index contributed by atoms with van der Waals surface area (Å²) >= 11 is 0. The summed E-state index contributed by atoms with van der Waals surface area (Å²) in [5.74, 6) is -0.235. The number of H-pyrrole nitrogens is 1. The van der Waals surface area contributed by atoms with Crippen molar-refractivity contribution in [2.75, 3.05) is 13.7 Å². The molecule has 0 fully saturated rings. The molecule has 0 aliphatic heterocycles. The number of benzene rings is 2. The van der Waals surface area contributed by atoms with E-state index < -0.39 is 5.97 Å². The number of esters is 1. The summed E-state index contributed by atoms with van der Waals surface area (Å²) in [7, 11) is 1.52. The molecule has 1 N–H and O–H groups in total. The summed E-state index contributed by atoms with van der Waals surface area (Å²) in [6, 6.07) is 12.5. The predicted octanol–water partition coefficient (Wildman–Crippen LogP) is 3.78. The zero-order valence-electron chi connectivity index (χ0n) is 14.2. The molecule has 0 bridgehead atoms. The Morgan fingerprint density at radius 3 is 2.68 bits per heavy atom. The number of nitrogens with one attached hydrogen (secondary N) is 1. The van der Waals surface area contributed by atoms with Crippen LogP contribution in [0, 0.1) is 0 Å². The van der Waals surface area contributed by atoms with E-state index in [9.17, 15) is 9.59 Å². The molecule has 0 saturated heterocycles. The summed E-state index contributed by atoms with van der Waals surface area (Å²) in [4.78, 5) is 27.7. The molecular formula is C20H19NO4. The number of Topliss-reactive ketones (excluding diaryl/α,β-unsaturated/α-hetero) is 1. The van der Waals surface area contributed by atoms with Gasteiger partial charge in [-0.3, -0.25) is 4.79 Å². The highest BCUT2D eigenvalue weighted by Crippen LogP contribution is 2.23. The van der Waals surface area contributed by atoms with Gasteiger partial charge in [0.1, 0.15) is 5.75 Å². The minimum atomic E-state index is -0.554. The topological polar surface area (TPSA) is 68.4 Å². The Balaban J connectivity index is 1.73. The molecule has 0 aliphatic carbocycles. The highest BCUT2D eigenvalue weighted by molar-refractivity contribution is 6.09. The number of hydrogen-bond acceptors (Lipinski definition) is 4. The van der Waals surface area contributed by atoms with Crippen molar-refractivity contribution in [3.63, 3.8) is 0 Å². The first-order valence-electron chi connectivity index (χ1n) is 8.07. The zero-order chi connectivity index (χ0) is 17.8. The van der Waals surface area contributed by atoms with Crippen molar-refractivity contribution < 1.29 is 19.1 Å². The number of hydrogen-bond donors (Lipinski definition) is 1. The van der Waals surface area contributed by atoms with E-state index in [0.29, 0.717) is 16.9 Å². The van der Waals surface area contributed by atoms with Crippen molar-refractivity contribution in [3.8, 4) is 5.75 Å². The number of carbonyl (C=O) groups is 2. The molecule has 0 atom stereocenters. The number of rotatable bonds is 6. The molecule has 2 aromatic carbocycles. The maximum Gasteiger partial charge on any atom is 0.338 e. The summed E-state index contributed by atoms with van der Waals surface area (Å²) in [5.41, 5.74) is 2.97. The molecule has 0 amide bonds. The molecular weight excluding hydrogens is 318 g/mol. The Hall–Kier alpha value is -3.08. The molecule has 0 unspecified atom stereocenters. The number of ether oxygens (including phenoxy) is 2. The minimum Gasteiger partial charge on any atom is -0.497 e. The Bertz CT molecular complexity index is 926. The van der Waals surface area contributed by atoms with E-state index in [2.05, 4.69) is 11.9 Å². The second-order valence-electron chi connectivity index (χ2n) is 5.63. The van der Waals surface area contributed by atoms with Crippen LogP contribution in [-0.2, 0) is 11.2 Å². The number of methoxy groups -OCH3 is 1. The number of aryl methyl sites for hydroxylation is 1. The lowest BCUT2D eigenvalue weighted by molar-refractivity contribution is 0.0475. The van der Waals surface area contributed by atoms with Crippen molar-refractivity contribution in [1.29, 1.82) is 0 Å². The van der Waals surface area contributed by atoms with E-state index in [1.807, 2.05) is 18.2 Å². The van der Waals surface area contributed by atoms with Gasteiger partial charge in [0, 0.05) is 22.7 Å². The van der Waals surface area contributed by atoms with Crippen LogP contribution in [0.3, 0.4) is 0 Å². The summed E-state index contributed by atoms with van der Waals surface area (Å²) < 4.78 is 10.2. The number of fused-ring (bicyclic) bond motifs is 1. The van der Waals surface area contributed by atoms with Gasteiger partial charge in [0.15, 0.2) is 6.61 Å². The molecule has 0 saturated carbocycles. The van der Waals surface area contributed by atoms with E-state index in [4.69, 9.17) is 9.47 Å². The lowest BCUT2D eigenvalue weighted by atomic mass is 10.1. The van der Waals surface area contributed by atoms with E-state index >= 15 is 0 Å². The third-order valence-electron chi connectivity index (χ3n) is 4.12. The van der Waals surface area contributed by atoms with Crippen LogP contribution in [0.15, 0.2) is 48.7 Å². The van der Waals surface area contributed by atoms with Gasteiger partial charge in [-0.05, 0) is 30.2 Å². The molecule has 1 aromatic heterocycles. The molecule has 3 rings (SSSR count). The van der Waals surface area contributed by atoms with Crippen LogP contribution in [0.2, 0.25) is 0 Å². The maximum absolute atomic E-state index is 12.5. The fourth-order valence-electron chi connectivity index (χ4n) is 2.78. The van der Waals surface area contributed by atoms with Crippen LogP contribution in [0.5, 0.6) is 5.75 Å². The molecule has 0 aliphatic rings. The van der Waals surface area contributed by atoms with Crippen molar-refractivity contribution in [2.24, 2.45) is 0 Å². The summed E-state index contributed by atoms with van der Waals surface area (Å²) in [5, 5.41) is 0.849. The second-order valence-corrected chi connectivity index (χ2v) is 5.63. The van der Waals surface area contributed by atoms with E-state index in [-0.39, 0.29) is 12.4 Å². The minimum absolute atomic E-state index is 0.240. The van der Waals surface area contributed by atoms with Crippen LogP contribution in [-0.4, -0.2) is 30.5 Å². The lowest BCUT2D eigenvalue weighted by Gasteiger charge is -2.06. The van der Waals surface area contributed by atoms with Crippen molar-refractivity contribution >= 4 is 22.7 Å². The maximum atomic E-state index is 12.5. The normalized spacial score (nSPS) is 10.6. The molecule has 0 radical (unpaired) electrons. The highest BCUT2D eigenvalue weighted by Gasteiger charge is 2.16. The largest absolute Gasteiger partial charge is 0.497 e. The van der Waals surface area contributed by atoms with Crippen LogP contribution in [0.4, 0.5) is 0 Å². The first-order valence-corrected chi connectivity index (χ1v) is 8.07. The molecule has 128 valence electrons. The lowest BCUT2D eigenvalue weighted by Crippen LogP contribution is -2.14. The molecule has 3 aromatic rings. The zero-order valence-corrected chi connectivity index (χ0v) is 14.2. The molecule has 5 nitrogen and oxygen atoms in total. The fraction of sp³-hybridized carbons (Fsp3) is 0.200. The number of para-hydroxylation sites is 1. The Morgan fingerprint density at radius 2 is 1.92 bits per heavy atom. The van der Waals surface area contributed by atoms with Gasteiger partial charge in [-0.25, -0.2) is 4.79 Å². The second kappa shape index (κ2) is 7.21. The smallest absolute Gasteiger partial charge is 0.338 e. The first-order chi connectivity index (χ1) is 12.1. The van der Waals surface area contributed by atoms with Crippen LogP contribution < -0.4 is 4.74 Å². The van der Waals surface area contributed by atoms with Gasteiger partial charge in [0.05, 0.1) is 12.7 Å². The molecule has 1 heterocycles. The molecule has 5 heteroatoms. The van der Waals surface area contributed by atoms with Crippen molar-refractivity contribution in [1.82, 2.24) is 4.98 Å². The van der Waals surface area contributed by atoms with Gasteiger partial charge in [-0.1, -0.05) is 31.2 Å². The van der Waals surface area contributed by atoms with Crippen LogP contribution in [0.1, 0.15) is 33.2 Å². The fourth-order valence-corrected chi connectivity index (χ4v) is 2.78. The number of ketones is 1. The van der Waals surface area contributed by atoms with Gasteiger partial charge < -0.3 is 14.5 Å². The van der Waals surface area contributed by atoms with E-state index in [0.717, 1.165) is 22.9 Å². The van der Waals surface area contributed by atoms with Gasteiger partial charge >= 0.3 is 5.97 Å². The van der Waals surface area contributed by atoms with Gasteiger partial charge in [-0.2, -0.15) is 0 Å². The van der Waals surface area contributed by atoms with Crippen LogP contribution >= 0.6 is 0 Å². The van der Waals surface area contributed by atoms with E-state index in [1.54, 1.807) is 30.5 Å². The SMILES string of the molecule is CCc1cccc2c(C(=O)COC(=O)c3cccc(OC)c3)c[nH]c12. The Labute approximate surface area is 145 Å². The third-order valence-corrected chi connectivity index (χ3v) is 4.12. The Kier molecular flexibility index (Phi) is 4.84. The summed E-state index contributed by atoms with van der Waals surface area (Å²) in [6.07, 6.45) is 2.54. The van der Waals surface area contributed by atoms with Crippen molar-refractivity contribution in [3.05, 3.63) is 65.4 Å². The average molecular weight is 337 g/mol. The van der Waals surface area contributed by atoms with Gasteiger partial charge in [0.2, 0.25) is 5.78 Å². The Morgan fingerprint density at radius 1 is 1.12 bits per heavy atom. The van der Waals surface area contributed by atoms with Gasteiger partial charge in [0.25, 0.3) is 0 Å². The molecule has 25 heavy (non-hydrogen) atoms. The quantitative estimate of drug-likeness (QED) is 0.549. The van der Waals surface area contributed by atoms with Crippen LogP contribution in [0.25, 0.3) is 10.9 Å².